The summed E-state index contributed by atoms with van der Waals surface area (Å²) in [6.45, 7) is 9.59. The lowest BCUT2D eigenvalue weighted by atomic mass is 9.87. The molecule has 1 rings (SSSR count). The van der Waals surface area contributed by atoms with Gasteiger partial charge in [-0.3, -0.25) is 0 Å². The van der Waals surface area contributed by atoms with E-state index in [4.69, 9.17) is 9.47 Å². The molecule has 0 bridgehead atoms. The largest absolute Gasteiger partial charge is 0.497 e. The number of nitrogens with one attached hydrogen (secondary N) is 1. The third kappa shape index (κ3) is 4.42. The molecule has 0 spiro atoms. The molecule has 0 amide bonds. The van der Waals surface area contributed by atoms with Gasteiger partial charge in [0.15, 0.2) is 0 Å². The summed E-state index contributed by atoms with van der Waals surface area (Å²) < 4.78 is 25.5. The van der Waals surface area contributed by atoms with Gasteiger partial charge in [0.05, 0.1) is 18.8 Å². The van der Waals surface area contributed by atoms with E-state index in [2.05, 4.69) is 19.2 Å². The van der Waals surface area contributed by atoms with Crippen LogP contribution < -0.4 is 10.1 Å². The molecular weight excluding hydrogens is 269 g/mol. The van der Waals surface area contributed by atoms with Gasteiger partial charge >= 0.3 is 0 Å². The van der Waals surface area contributed by atoms with Gasteiger partial charge in [0.1, 0.15) is 11.6 Å². The van der Waals surface area contributed by atoms with Gasteiger partial charge in [-0.1, -0.05) is 19.9 Å². The van der Waals surface area contributed by atoms with Gasteiger partial charge in [0, 0.05) is 18.2 Å². The topological polar surface area (TPSA) is 30.5 Å². The maximum absolute atomic E-state index is 14.4. The number of halogens is 1. The molecule has 0 saturated heterocycles. The highest BCUT2D eigenvalue weighted by atomic mass is 19.1. The lowest BCUT2D eigenvalue weighted by molar-refractivity contribution is -0.0570. The van der Waals surface area contributed by atoms with Crippen LogP contribution in [0.2, 0.25) is 0 Å². The average Bonchev–Trinajstić information content (AvgIpc) is 2.49. The highest BCUT2D eigenvalue weighted by Gasteiger charge is 2.35. The van der Waals surface area contributed by atoms with Crippen molar-refractivity contribution in [1.82, 2.24) is 5.32 Å². The molecule has 1 aromatic carbocycles. The fourth-order valence-electron chi connectivity index (χ4n) is 2.53. The van der Waals surface area contributed by atoms with Gasteiger partial charge < -0.3 is 14.8 Å². The van der Waals surface area contributed by atoms with Crippen LogP contribution in [-0.4, -0.2) is 25.9 Å². The van der Waals surface area contributed by atoms with Crippen LogP contribution in [0.4, 0.5) is 4.39 Å². The smallest absolute Gasteiger partial charge is 0.131 e. The van der Waals surface area contributed by atoms with E-state index in [-0.39, 0.29) is 11.9 Å². The van der Waals surface area contributed by atoms with Crippen molar-refractivity contribution >= 4 is 0 Å². The normalized spacial score (nSPS) is 15.5. The quantitative estimate of drug-likeness (QED) is 0.745. The molecule has 0 heterocycles. The van der Waals surface area contributed by atoms with E-state index < -0.39 is 5.60 Å². The molecular formula is C17H28FNO2. The molecule has 0 aromatic heterocycles. The second-order valence-electron chi connectivity index (χ2n) is 5.37. The van der Waals surface area contributed by atoms with Crippen LogP contribution in [0.1, 0.15) is 52.1 Å². The van der Waals surface area contributed by atoms with Gasteiger partial charge in [-0.05, 0) is 39.3 Å². The van der Waals surface area contributed by atoms with E-state index >= 15 is 0 Å². The summed E-state index contributed by atoms with van der Waals surface area (Å²) in [4.78, 5) is 0. The van der Waals surface area contributed by atoms with Gasteiger partial charge in [-0.2, -0.15) is 0 Å². The summed E-state index contributed by atoms with van der Waals surface area (Å²) in [7, 11) is 1.54. The van der Waals surface area contributed by atoms with Crippen molar-refractivity contribution in [2.45, 2.75) is 52.2 Å². The Morgan fingerprint density at radius 3 is 2.48 bits per heavy atom. The molecule has 1 N–H and O–H groups in total. The summed E-state index contributed by atoms with van der Waals surface area (Å²) in [5.74, 6) is 0.266. The van der Waals surface area contributed by atoms with E-state index in [0.717, 1.165) is 19.4 Å². The molecule has 21 heavy (non-hydrogen) atoms. The lowest BCUT2D eigenvalue weighted by Gasteiger charge is -2.38. The highest BCUT2D eigenvalue weighted by molar-refractivity contribution is 5.32. The Labute approximate surface area is 127 Å². The second-order valence-corrected chi connectivity index (χ2v) is 5.37. The Hall–Kier alpha value is -1.13. The predicted molar refractivity (Wildman–Crippen MR) is 84.3 cm³/mol. The van der Waals surface area contributed by atoms with Gasteiger partial charge in [-0.25, -0.2) is 4.39 Å². The first-order valence-electron chi connectivity index (χ1n) is 7.73. The maximum atomic E-state index is 14.4. The van der Waals surface area contributed by atoms with Gasteiger partial charge in [-0.15, -0.1) is 0 Å². The number of rotatable bonds is 9. The number of benzene rings is 1. The van der Waals surface area contributed by atoms with Crippen LogP contribution in [0.15, 0.2) is 18.2 Å². The van der Waals surface area contributed by atoms with E-state index in [1.165, 1.54) is 13.2 Å². The monoisotopic (exact) mass is 297 g/mol. The van der Waals surface area contributed by atoms with E-state index in [1.807, 2.05) is 13.8 Å². The summed E-state index contributed by atoms with van der Waals surface area (Å²) in [6.07, 6.45) is 1.79. The Morgan fingerprint density at radius 2 is 2.00 bits per heavy atom. The molecule has 0 aliphatic carbocycles. The molecule has 0 radical (unpaired) electrons. The van der Waals surface area contributed by atoms with Crippen LogP contribution >= 0.6 is 0 Å². The first-order chi connectivity index (χ1) is 10.0. The van der Waals surface area contributed by atoms with Crippen molar-refractivity contribution in [1.29, 1.82) is 0 Å². The zero-order chi connectivity index (χ0) is 15.9. The molecule has 2 atom stereocenters. The van der Waals surface area contributed by atoms with Crippen molar-refractivity contribution < 1.29 is 13.9 Å². The van der Waals surface area contributed by atoms with Crippen molar-refractivity contribution in [3.05, 3.63) is 29.6 Å². The minimum absolute atomic E-state index is 0.187. The maximum Gasteiger partial charge on any atom is 0.131 e. The number of hydrogen-bond acceptors (Lipinski definition) is 3. The number of hydrogen-bond donors (Lipinski definition) is 1. The number of methoxy groups -OCH3 is 1. The molecule has 0 fully saturated rings. The first-order valence-corrected chi connectivity index (χ1v) is 7.73. The first kappa shape index (κ1) is 17.9. The van der Waals surface area contributed by atoms with E-state index in [0.29, 0.717) is 17.9 Å². The minimum atomic E-state index is -0.445. The van der Waals surface area contributed by atoms with Crippen LogP contribution in [0.5, 0.6) is 5.75 Å². The summed E-state index contributed by atoms with van der Waals surface area (Å²) in [5.41, 5.74) is 0.182. The highest BCUT2D eigenvalue weighted by Crippen LogP contribution is 2.34. The number of ether oxygens (including phenoxy) is 2. The summed E-state index contributed by atoms with van der Waals surface area (Å²) >= 11 is 0. The average molecular weight is 297 g/mol. The minimum Gasteiger partial charge on any atom is -0.497 e. The second kappa shape index (κ2) is 8.35. The van der Waals surface area contributed by atoms with Crippen LogP contribution in [0.3, 0.4) is 0 Å². The molecule has 1 aromatic rings. The summed E-state index contributed by atoms with van der Waals surface area (Å²) in [5, 5.41) is 3.43. The Bertz CT molecular complexity index is 439. The van der Waals surface area contributed by atoms with Crippen molar-refractivity contribution in [3.8, 4) is 5.75 Å². The zero-order valence-corrected chi connectivity index (χ0v) is 13.8. The van der Waals surface area contributed by atoms with Crippen molar-refractivity contribution in [3.63, 3.8) is 0 Å². The third-order valence-corrected chi connectivity index (χ3v) is 3.90. The third-order valence-electron chi connectivity index (χ3n) is 3.90. The fraction of sp³-hybridized carbons (Fsp3) is 0.647. The Morgan fingerprint density at radius 1 is 1.29 bits per heavy atom. The Balaban J connectivity index is 3.17. The van der Waals surface area contributed by atoms with Crippen molar-refractivity contribution in [2.24, 2.45) is 0 Å². The van der Waals surface area contributed by atoms with E-state index in [9.17, 15) is 4.39 Å². The summed E-state index contributed by atoms with van der Waals surface area (Å²) in [6, 6.07) is 4.82. The van der Waals surface area contributed by atoms with Gasteiger partial charge in [0.2, 0.25) is 0 Å². The van der Waals surface area contributed by atoms with Gasteiger partial charge in [0.25, 0.3) is 0 Å². The van der Waals surface area contributed by atoms with Crippen molar-refractivity contribution in [2.75, 3.05) is 20.3 Å². The molecule has 120 valence electrons. The fourth-order valence-corrected chi connectivity index (χ4v) is 2.53. The molecule has 0 aliphatic rings. The zero-order valence-electron chi connectivity index (χ0n) is 13.8. The van der Waals surface area contributed by atoms with E-state index in [1.54, 1.807) is 12.1 Å². The lowest BCUT2D eigenvalue weighted by Crippen LogP contribution is -2.44. The van der Waals surface area contributed by atoms with Crippen LogP contribution in [0, 0.1) is 5.82 Å². The van der Waals surface area contributed by atoms with Crippen LogP contribution in [0.25, 0.3) is 0 Å². The standard InChI is InChI=1S/C17H28FNO2/c1-6-11-19-16(17(4,7-2)21-8-3)14-10-9-13(20-5)12-15(14)18/h9-10,12,16,19H,6-8,11H2,1-5H3. The Kier molecular flexibility index (Phi) is 7.12. The SMILES string of the molecule is CCCNC(c1ccc(OC)cc1F)C(C)(CC)OCC. The molecule has 4 heteroatoms. The molecule has 0 saturated carbocycles. The molecule has 3 nitrogen and oxygen atoms in total. The van der Waals surface area contributed by atoms with Crippen LogP contribution in [-0.2, 0) is 4.74 Å². The molecule has 0 aliphatic heterocycles. The predicted octanol–water partition coefficient (Wildman–Crippen LogP) is 4.08. The molecule has 2 unspecified atom stereocenters.